The zero-order chi connectivity index (χ0) is 19.8. The van der Waals surface area contributed by atoms with Crippen LogP contribution in [-0.2, 0) is 12.4 Å². The van der Waals surface area contributed by atoms with Gasteiger partial charge in [-0.2, -0.15) is 26.3 Å². The smallest absolute Gasteiger partial charge is 0.314 e. The monoisotopic (exact) mass is 470 g/mol. The molecule has 0 amide bonds. The van der Waals surface area contributed by atoms with Crippen molar-refractivity contribution in [3.05, 3.63) is 34.6 Å². The summed E-state index contributed by atoms with van der Waals surface area (Å²) in [6.45, 7) is 1.96. The van der Waals surface area contributed by atoms with Gasteiger partial charge in [0.05, 0.1) is 11.1 Å². The van der Waals surface area contributed by atoms with Crippen molar-refractivity contribution in [2.45, 2.75) is 44.1 Å². The standard InChI is InChI=1S/C18H21F7N2.2ClH/c19-14-10-12(17(20,21)22)9-13(18(23,24)25)15(14)16(11-3-1-2-4-11)27-7-5-26-6-8-27;;/h9-11,16,26H,1-8H2;2*1H/t16-;;/m0../s1. The van der Waals surface area contributed by atoms with Crippen molar-refractivity contribution in [1.29, 1.82) is 0 Å². The lowest BCUT2D eigenvalue weighted by atomic mass is 9.85. The number of rotatable bonds is 3. The molecule has 2 aliphatic rings. The van der Waals surface area contributed by atoms with Crippen molar-refractivity contribution in [3.8, 4) is 0 Å². The third-order valence-electron chi connectivity index (χ3n) is 5.45. The maximum absolute atomic E-state index is 14.8. The summed E-state index contributed by atoms with van der Waals surface area (Å²) < 4.78 is 94.6. The lowest BCUT2D eigenvalue weighted by Gasteiger charge is -2.40. The molecule has 0 unspecified atom stereocenters. The SMILES string of the molecule is Cl.Cl.Fc1cc(C(F)(F)F)cc(C(F)(F)F)c1[C@H](C1CCCC1)N1CCNCC1. The van der Waals surface area contributed by atoms with Crippen molar-refractivity contribution >= 4 is 24.8 Å². The molecule has 3 rings (SSSR count). The minimum Gasteiger partial charge on any atom is -0.314 e. The Morgan fingerprint density at radius 1 is 0.897 bits per heavy atom. The summed E-state index contributed by atoms with van der Waals surface area (Å²) >= 11 is 0. The van der Waals surface area contributed by atoms with Crippen LogP contribution in [0.3, 0.4) is 0 Å². The van der Waals surface area contributed by atoms with Crippen LogP contribution in [0.25, 0.3) is 0 Å². The van der Waals surface area contributed by atoms with E-state index in [-0.39, 0.29) is 42.9 Å². The summed E-state index contributed by atoms with van der Waals surface area (Å²) in [6, 6.07) is -0.606. The summed E-state index contributed by atoms with van der Waals surface area (Å²) in [6.07, 6.45) is -7.16. The summed E-state index contributed by atoms with van der Waals surface area (Å²) in [4.78, 5) is 1.79. The molecular weight excluding hydrogens is 448 g/mol. The molecule has 1 atom stereocenters. The van der Waals surface area contributed by atoms with Crippen LogP contribution in [0.5, 0.6) is 0 Å². The van der Waals surface area contributed by atoms with Gasteiger partial charge in [-0.3, -0.25) is 4.90 Å². The van der Waals surface area contributed by atoms with E-state index >= 15 is 0 Å². The second kappa shape index (κ2) is 10.0. The summed E-state index contributed by atoms with van der Waals surface area (Å²) in [5, 5.41) is 3.09. The molecule has 1 aromatic carbocycles. The van der Waals surface area contributed by atoms with Gasteiger partial charge in [-0.15, -0.1) is 24.8 Å². The fraction of sp³-hybridized carbons (Fsp3) is 0.667. The molecule has 1 saturated carbocycles. The van der Waals surface area contributed by atoms with Crippen LogP contribution >= 0.6 is 24.8 Å². The van der Waals surface area contributed by atoms with Gasteiger partial charge in [-0.25, -0.2) is 4.39 Å². The second-order valence-corrected chi connectivity index (χ2v) is 7.19. The topological polar surface area (TPSA) is 15.3 Å². The quantitative estimate of drug-likeness (QED) is 0.558. The van der Waals surface area contributed by atoms with Crippen LogP contribution in [0.2, 0.25) is 0 Å². The van der Waals surface area contributed by atoms with Crippen LogP contribution < -0.4 is 5.32 Å². The molecule has 1 N–H and O–H groups in total. The highest BCUT2D eigenvalue weighted by Gasteiger charge is 2.44. The lowest BCUT2D eigenvalue weighted by Crippen LogP contribution is -2.47. The molecule has 1 aliphatic carbocycles. The number of hydrogen-bond acceptors (Lipinski definition) is 2. The van der Waals surface area contributed by atoms with Gasteiger partial charge >= 0.3 is 12.4 Å². The first kappa shape index (κ1) is 26.3. The Morgan fingerprint density at radius 3 is 1.93 bits per heavy atom. The zero-order valence-electron chi connectivity index (χ0n) is 15.4. The molecule has 11 heteroatoms. The van der Waals surface area contributed by atoms with E-state index in [1.165, 1.54) is 0 Å². The average Bonchev–Trinajstić information content (AvgIpc) is 3.09. The van der Waals surface area contributed by atoms with Crippen LogP contribution in [0.1, 0.15) is 48.4 Å². The van der Waals surface area contributed by atoms with Crippen LogP contribution in [0.4, 0.5) is 30.7 Å². The van der Waals surface area contributed by atoms with Crippen molar-refractivity contribution in [3.63, 3.8) is 0 Å². The second-order valence-electron chi connectivity index (χ2n) is 7.19. The number of nitrogens with zero attached hydrogens (tertiary/aromatic N) is 1. The number of nitrogens with one attached hydrogen (secondary N) is 1. The van der Waals surface area contributed by atoms with Crippen LogP contribution in [-0.4, -0.2) is 31.1 Å². The normalized spacial score (nSPS) is 20.1. The van der Waals surface area contributed by atoms with E-state index in [1.54, 1.807) is 4.90 Å². The number of benzene rings is 1. The molecule has 1 heterocycles. The third-order valence-corrected chi connectivity index (χ3v) is 5.45. The van der Waals surface area contributed by atoms with Crippen molar-refractivity contribution in [1.82, 2.24) is 10.2 Å². The lowest BCUT2D eigenvalue weighted by molar-refractivity contribution is -0.144. The Kier molecular flexibility index (Phi) is 9.08. The molecule has 1 aromatic rings. The first-order valence-corrected chi connectivity index (χ1v) is 9.01. The van der Waals surface area contributed by atoms with E-state index in [4.69, 9.17) is 0 Å². The zero-order valence-corrected chi connectivity index (χ0v) is 17.0. The summed E-state index contributed by atoms with van der Waals surface area (Å²) in [5.74, 6) is -1.62. The minimum absolute atomic E-state index is 0. The fourth-order valence-electron chi connectivity index (χ4n) is 4.27. The Balaban J connectivity index is 0.00000210. The highest BCUT2D eigenvalue weighted by atomic mass is 35.5. The van der Waals surface area contributed by atoms with Crippen molar-refractivity contribution < 1.29 is 30.7 Å². The van der Waals surface area contributed by atoms with E-state index in [9.17, 15) is 30.7 Å². The van der Waals surface area contributed by atoms with Crippen molar-refractivity contribution in [2.75, 3.05) is 26.2 Å². The Labute approximate surface area is 177 Å². The van der Waals surface area contributed by atoms with Crippen molar-refractivity contribution in [2.24, 2.45) is 5.92 Å². The molecule has 0 spiro atoms. The first-order chi connectivity index (χ1) is 12.6. The largest absolute Gasteiger partial charge is 0.416 e. The highest BCUT2D eigenvalue weighted by Crippen LogP contribution is 2.47. The molecule has 168 valence electrons. The number of piperazine rings is 1. The number of hydrogen-bond donors (Lipinski definition) is 1. The molecule has 0 bridgehead atoms. The molecule has 2 nitrogen and oxygen atoms in total. The van der Waals surface area contributed by atoms with E-state index in [2.05, 4.69) is 5.32 Å². The molecule has 1 aliphatic heterocycles. The van der Waals surface area contributed by atoms with Gasteiger partial charge in [-0.05, 0) is 30.9 Å². The van der Waals surface area contributed by atoms with Gasteiger partial charge in [0.1, 0.15) is 5.82 Å². The summed E-state index contributed by atoms with van der Waals surface area (Å²) in [5.41, 5.74) is -3.75. The van der Waals surface area contributed by atoms with Gasteiger partial charge in [0.15, 0.2) is 0 Å². The highest BCUT2D eigenvalue weighted by molar-refractivity contribution is 5.85. The fourth-order valence-corrected chi connectivity index (χ4v) is 4.27. The maximum Gasteiger partial charge on any atom is 0.416 e. The molecule has 0 radical (unpaired) electrons. The molecule has 2 fully saturated rings. The Bertz CT molecular complexity index is 667. The van der Waals surface area contributed by atoms with E-state index in [1.807, 2.05) is 0 Å². The summed E-state index contributed by atoms with van der Waals surface area (Å²) in [7, 11) is 0. The Hall–Kier alpha value is -0.770. The predicted octanol–water partition coefficient (Wildman–Crippen LogP) is 5.84. The van der Waals surface area contributed by atoms with Gasteiger partial charge in [0, 0.05) is 37.8 Å². The molecule has 0 aromatic heterocycles. The van der Waals surface area contributed by atoms with Crippen LogP contribution in [0.15, 0.2) is 12.1 Å². The van der Waals surface area contributed by atoms with Gasteiger partial charge in [0.2, 0.25) is 0 Å². The Morgan fingerprint density at radius 2 is 1.45 bits per heavy atom. The third kappa shape index (κ3) is 5.89. The van der Waals surface area contributed by atoms with E-state index in [0.29, 0.717) is 39.0 Å². The first-order valence-electron chi connectivity index (χ1n) is 9.01. The number of halogens is 9. The van der Waals surface area contributed by atoms with Gasteiger partial charge in [-0.1, -0.05) is 12.8 Å². The van der Waals surface area contributed by atoms with Gasteiger partial charge < -0.3 is 5.32 Å². The van der Waals surface area contributed by atoms with Gasteiger partial charge in [0.25, 0.3) is 0 Å². The number of alkyl halides is 6. The maximum atomic E-state index is 14.8. The predicted molar refractivity (Wildman–Crippen MR) is 100 cm³/mol. The van der Waals surface area contributed by atoms with E-state index < -0.39 is 40.9 Å². The molecular formula is C18H23Cl2F7N2. The molecule has 1 saturated heterocycles. The van der Waals surface area contributed by atoms with E-state index in [0.717, 1.165) is 12.8 Å². The molecule has 29 heavy (non-hydrogen) atoms. The minimum atomic E-state index is -5.07. The van der Waals surface area contributed by atoms with Crippen LogP contribution in [0, 0.1) is 11.7 Å². The average molecular weight is 471 g/mol.